The Balaban J connectivity index is 1.62. The maximum atomic E-state index is 13.3. The number of aliphatic hydroxyl groups excluding tert-OH is 1. The van der Waals surface area contributed by atoms with E-state index in [1.807, 2.05) is 4.90 Å². The minimum absolute atomic E-state index is 0.0127. The molecule has 2 fully saturated rings. The lowest BCUT2D eigenvalue weighted by Gasteiger charge is -2.36. The highest BCUT2D eigenvalue weighted by molar-refractivity contribution is 8.26. The summed E-state index contributed by atoms with van der Waals surface area (Å²) < 4.78 is 13.8. The summed E-state index contributed by atoms with van der Waals surface area (Å²) in [7, 11) is 0. The van der Waals surface area contributed by atoms with Crippen molar-refractivity contribution in [1.82, 2.24) is 9.80 Å². The molecule has 1 aromatic carbocycles. The van der Waals surface area contributed by atoms with Gasteiger partial charge >= 0.3 is 0 Å². The molecule has 2 saturated heterocycles. The number of thioether (sulfide) groups is 1. The molecule has 0 bridgehead atoms. The van der Waals surface area contributed by atoms with Gasteiger partial charge in [-0.15, -0.1) is 0 Å². The van der Waals surface area contributed by atoms with Gasteiger partial charge in [-0.25, -0.2) is 4.39 Å². The van der Waals surface area contributed by atoms with Crippen LogP contribution >= 0.6 is 24.0 Å². The number of rotatable bonds is 6. The number of likely N-dealkylation sites (tertiary alicyclic amines) is 1. The van der Waals surface area contributed by atoms with Crippen LogP contribution in [0.15, 0.2) is 29.2 Å². The minimum atomic E-state index is -0.367. The van der Waals surface area contributed by atoms with E-state index in [-0.39, 0.29) is 43.2 Å². The molecule has 2 aliphatic rings. The van der Waals surface area contributed by atoms with Gasteiger partial charge in [-0.2, -0.15) is 0 Å². The van der Waals surface area contributed by atoms with E-state index in [9.17, 15) is 19.1 Å². The van der Waals surface area contributed by atoms with Crippen molar-refractivity contribution in [3.8, 4) is 0 Å². The van der Waals surface area contributed by atoms with Crippen molar-refractivity contribution >= 4 is 46.2 Å². The van der Waals surface area contributed by atoms with Gasteiger partial charge in [-0.3, -0.25) is 14.5 Å². The molecule has 2 heterocycles. The van der Waals surface area contributed by atoms with Crippen molar-refractivity contribution in [2.45, 2.75) is 38.1 Å². The molecule has 28 heavy (non-hydrogen) atoms. The SMILES string of the molecule is O=C1C(=Cc2cccc(F)c2)SC(=S)N1CCC(=O)N1CCCCC1CCO. The van der Waals surface area contributed by atoms with E-state index in [2.05, 4.69) is 0 Å². The molecule has 1 atom stereocenters. The Morgan fingerprint density at radius 2 is 2.21 bits per heavy atom. The monoisotopic (exact) mass is 422 g/mol. The van der Waals surface area contributed by atoms with Crippen LogP contribution in [0.4, 0.5) is 4.39 Å². The first-order valence-electron chi connectivity index (χ1n) is 9.41. The second kappa shape index (κ2) is 9.62. The van der Waals surface area contributed by atoms with Gasteiger partial charge in [-0.1, -0.05) is 36.1 Å². The summed E-state index contributed by atoms with van der Waals surface area (Å²) in [6.07, 6.45) is 5.33. The Morgan fingerprint density at radius 3 is 2.96 bits per heavy atom. The summed E-state index contributed by atoms with van der Waals surface area (Å²) in [5.74, 6) is -0.632. The van der Waals surface area contributed by atoms with E-state index >= 15 is 0 Å². The molecule has 0 saturated carbocycles. The van der Waals surface area contributed by atoms with Gasteiger partial charge in [0.1, 0.15) is 10.1 Å². The standard InChI is InChI=1S/C20H23FN2O3S2/c21-15-5-3-4-14(12-15)13-17-19(26)23(20(27)28-17)10-7-18(25)22-9-2-1-6-16(22)8-11-24/h3-5,12-13,16,24H,1-2,6-11H2. The van der Waals surface area contributed by atoms with Crippen LogP contribution in [0, 0.1) is 5.82 Å². The van der Waals surface area contributed by atoms with E-state index in [1.165, 1.54) is 28.8 Å². The minimum Gasteiger partial charge on any atom is -0.396 e. The van der Waals surface area contributed by atoms with E-state index < -0.39 is 0 Å². The average Bonchev–Trinajstić information content (AvgIpc) is 2.93. The van der Waals surface area contributed by atoms with Crippen molar-refractivity contribution in [3.63, 3.8) is 0 Å². The number of aliphatic hydroxyl groups is 1. The predicted octanol–water partition coefficient (Wildman–Crippen LogP) is 3.18. The number of amides is 2. The second-order valence-corrected chi connectivity index (χ2v) is 8.56. The van der Waals surface area contributed by atoms with E-state index in [4.69, 9.17) is 12.2 Å². The fourth-order valence-corrected chi connectivity index (χ4v) is 4.88. The van der Waals surface area contributed by atoms with Crippen molar-refractivity contribution in [2.75, 3.05) is 19.7 Å². The van der Waals surface area contributed by atoms with Gasteiger partial charge in [0.25, 0.3) is 5.91 Å². The number of nitrogens with zero attached hydrogens (tertiary/aromatic N) is 2. The van der Waals surface area contributed by atoms with Gasteiger partial charge in [0.05, 0.1) is 4.91 Å². The molecule has 1 unspecified atom stereocenters. The number of hydrogen-bond acceptors (Lipinski definition) is 5. The third-order valence-electron chi connectivity index (χ3n) is 4.98. The van der Waals surface area contributed by atoms with Crippen LogP contribution in [0.25, 0.3) is 6.08 Å². The third kappa shape index (κ3) is 4.98. The average molecular weight is 423 g/mol. The zero-order chi connectivity index (χ0) is 20.1. The molecule has 1 aromatic rings. The third-order valence-corrected chi connectivity index (χ3v) is 6.36. The van der Waals surface area contributed by atoms with Crippen LogP contribution in [0.1, 0.15) is 37.7 Å². The molecule has 2 aliphatic heterocycles. The van der Waals surface area contributed by atoms with Gasteiger partial charge in [0, 0.05) is 32.2 Å². The van der Waals surface area contributed by atoms with Crippen LogP contribution in [-0.2, 0) is 9.59 Å². The zero-order valence-electron chi connectivity index (χ0n) is 15.5. The number of carbonyl (C=O) groups is 2. The number of hydrogen-bond donors (Lipinski definition) is 1. The van der Waals surface area contributed by atoms with Crippen LogP contribution in [0.3, 0.4) is 0 Å². The summed E-state index contributed by atoms with van der Waals surface area (Å²) in [5, 5.41) is 9.22. The van der Waals surface area contributed by atoms with Gasteiger partial charge in [0.15, 0.2) is 0 Å². The highest BCUT2D eigenvalue weighted by Crippen LogP contribution is 2.33. The molecular weight excluding hydrogens is 399 g/mol. The fourth-order valence-electron chi connectivity index (χ4n) is 3.57. The maximum Gasteiger partial charge on any atom is 0.266 e. The Kier molecular flexibility index (Phi) is 7.20. The molecular formula is C20H23FN2O3S2. The van der Waals surface area contributed by atoms with E-state index in [0.29, 0.717) is 27.8 Å². The summed E-state index contributed by atoms with van der Waals surface area (Å²) >= 11 is 6.47. The molecule has 0 aromatic heterocycles. The van der Waals surface area contributed by atoms with Crippen LogP contribution < -0.4 is 0 Å². The van der Waals surface area contributed by atoms with Crippen molar-refractivity contribution < 1.29 is 19.1 Å². The van der Waals surface area contributed by atoms with E-state index in [0.717, 1.165) is 19.3 Å². The number of halogens is 1. The van der Waals surface area contributed by atoms with Crippen LogP contribution in [0.5, 0.6) is 0 Å². The summed E-state index contributed by atoms with van der Waals surface area (Å²) in [5.41, 5.74) is 0.594. The number of thiocarbonyl (C=S) groups is 1. The molecule has 150 valence electrons. The molecule has 0 spiro atoms. The lowest BCUT2D eigenvalue weighted by Crippen LogP contribution is -2.45. The quantitative estimate of drug-likeness (QED) is 0.564. The second-order valence-electron chi connectivity index (χ2n) is 6.89. The summed E-state index contributed by atoms with van der Waals surface area (Å²) in [6.45, 7) is 0.988. The number of benzene rings is 1. The van der Waals surface area contributed by atoms with Gasteiger partial charge < -0.3 is 10.0 Å². The predicted molar refractivity (Wildman–Crippen MR) is 112 cm³/mol. The fraction of sp³-hybridized carbons (Fsp3) is 0.450. The lowest BCUT2D eigenvalue weighted by atomic mass is 9.99. The highest BCUT2D eigenvalue weighted by atomic mass is 32.2. The van der Waals surface area contributed by atoms with Crippen molar-refractivity contribution in [1.29, 1.82) is 0 Å². The molecule has 1 N–H and O–H groups in total. The van der Waals surface area contributed by atoms with E-state index in [1.54, 1.807) is 18.2 Å². The van der Waals surface area contributed by atoms with Crippen molar-refractivity contribution in [3.05, 3.63) is 40.6 Å². The normalized spacial score (nSPS) is 21.6. The Hall–Kier alpha value is -1.77. The Bertz CT molecular complexity index is 797. The van der Waals surface area contributed by atoms with Gasteiger partial charge in [-0.05, 0) is 49.5 Å². The number of piperidine rings is 1. The molecule has 5 nitrogen and oxygen atoms in total. The zero-order valence-corrected chi connectivity index (χ0v) is 17.1. The van der Waals surface area contributed by atoms with Crippen molar-refractivity contribution in [2.24, 2.45) is 0 Å². The number of carbonyl (C=O) groups excluding carboxylic acids is 2. The molecule has 0 radical (unpaired) electrons. The molecule has 2 amide bonds. The van der Waals surface area contributed by atoms with Crippen LogP contribution in [0.2, 0.25) is 0 Å². The first-order chi connectivity index (χ1) is 13.5. The Labute approximate surface area is 173 Å². The molecule has 3 rings (SSSR count). The first kappa shape index (κ1) is 21.0. The topological polar surface area (TPSA) is 60.9 Å². The van der Waals surface area contributed by atoms with Crippen LogP contribution in [-0.4, -0.2) is 56.8 Å². The molecule has 0 aliphatic carbocycles. The summed E-state index contributed by atoms with van der Waals surface area (Å²) in [4.78, 5) is 29.0. The smallest absolute Gasteiger partial charge is 0.266 e. The van der Waals surface area contributed by atoms with Gasteiger partial charge in [0.2, 0.25) is 5.91 Å². The molecule has 8 heteroatoms. The first-order valence-corrected chi connectivity index (χ1v) is 10.6. The summed E-state index contributed by atoms with van der Waals surface area (Å²) in [6, 6.07) is 6.08. The largest absolute Gasteiger partial charge is 0.396 e. The maximum absolute atomic E-state index is 13.3. The highest BCUT2D eigenvalue weighted by Gasteiger charge is 2.33. The lowest BCUT2D eigenvalue weighted by molar-refractivity contribution is -0.135. The Morgan fingerprint density at radius 1 is 1.39 bits per heavy atom.